The van der Waals surface area contributed by atoms with Crippen molar-refractivity contribution in [1.29, 1.82) is 0 Å². The number of rotatable bonds is 5. The van der Waals surface area contributed by atoms with Crippen LogP contribution in [0.4, 0.5) is 5.69 Å². The molecule has 2 aromatic rings. The van der Waals surface area contributed by atoms with Crippen LogP contribution in [0.25, 0.3) is 0 Å². The molecule has 0 spiro atoms. The fraction of sp³-hybridized carbons (Fsp3) is 0.300. The fourth-order valence-corrected chi connectivity index (χ4v) is 3.65. The molecule has 1 heterocycles. The molecule has 2 amide bonds. The Morgan fingerprint density at radius 3 is 2.37 bits per heavy atom. The predicted octanol–water partition coefficient (Wildman–Crippen LogP) is 4.50. The van der Waals surface area contributed by atoms with Crippen molar-refractivity contribution in [3.63, 3.8) is 0 Å². The Morgan fingerprint density at radius 2 is 1.78 bits per heavy atom. The van der Waals surface area contributed by atoms with E-state index in [9.17, 15) is 9.59 Å². The normalized spacial score (nSPS) is 15.9. The molecule has 2 aromatic carbocycles. The van der Waals surface area contributed by atoms with E-state index in [0.29, 0.717) is 27.8 Å². The Bertz CT molecular complexity index is 882. The Hall–Kier alpha value is -2.24. The molecule has 0 bridgehead atoms. The van der Waals surface area contributed by atoms with E-state index in [1.165, 1.54) is 6.92 Å². The van der Waals surface area contributed by atoms with Gasteiger partial charge in [0.15, 0.2) is 0 Å². The summed E-state index contributed by atoms with van der Waals surface area (Å²) in [6.45, 7) is 5.59. The van der Waals surface area contributed by atoms with Crippen LogP contribution in [0.15, 0.2) is 36.4 Å². The quantitative estimate of drug-likeness (QED) is 0.794. The number of hydrogen-bond donors (Lipinski definition) is 1. The first kappa shape index (κ1) is 19.5. The molecule has 0 saturated carbocycles. The molecule has 1 atom stereocenters. The number of halogens is 2. The van der Waals surface area contributed by atoms with Gasteiger partial charge in [0.1, 0.15) is 11.8 Å². The number of fused-ring (bicyclic) bond motifs is 1. The maximum atomic E-state index is 13.0. The molecular weight excluding hydrogens is 387 g/mol. The molecule has 27 heavy (non-hydrogen) atoms. The summed E-state index contributed by atoms with van der Waals surface area (Å²) in [5.41, 5.74) is 1.98. The largest absolute Gasteiger partial charge is 0.491 e. The van der Waals surface area contributed by atoms with Crippen LogP contribution < -0.4 is 15.0 Å². The zero-order valence-electron chi connectivity index (χ0n) is 15.3. The van der Waals surface area contributed by atoms with Crippen LogP contribution in [-0.2, 0) is 16.1 Å². The van der Waals surface area contributed by atoms with E-state index in [-0.39, 0.29) is 17.9 Å². The van der Waals surface area contributed by atoms with Crippen LogP contribution in [0.1, 0.15) is 37.9 Å². The highest BCUT2D eigenvalue weighted by molar-refractivity contribution is 6.38. The molecule has 142 valence electrons. The van der Waals surface area contributed by atoms with Gasteiger partial charge < -0.3 is 15.0 Å². The van der Waals surface area contributed by atoms with Crippen LogP contribution in [0, 0.1) is 0 Å². The lowest BCUT2D eigenvalue weighted by Gasteiger charge is -2.19. The van der Waals surface area contributed by atoms with Crippen molar-refractivity contribution in [2.45, 2.75) is 39.5 Å². The summed E-state index contributed by atoms with van der Waals surface area (Å²) in [6.07, 6.45) is 0.0854. The summed E-state index contributed by atoms with van der Waals surface area (Å²) < 4.78 is 5.65. The van der Waals surface area contributed by atoms with E-state index in [0.717, 1.165) is 11.3 Å². The molecule has 1 N–H and O–H groups in total. The molecule has 0 saturated heterocycles. The number of nitrogens with one attached hydrogen (secondary N) is 1. The minimum absolute atomic E-state index is 0.0854. The smallest absolute Gasteiger partial charge is 0.254 e. The lowest BCUT2D eigenvalue weighted by molar-refractivity contribution is -0.126. The van der Waals surface area contributed by atoms with E-state index in [1.54, 1.807) is 17.0 Å². The average Bonchev–Trinajstić information content (AvgIpc) is 2.86. The summed E-state index contributed by atoms with van der Waals surface area (Å²) in [6, 6.07) is 9.96. The molecular formula is C20H20Cl2N2O3. The minimum Gasteiger partial charge on any atom is -0.491 e. The van der Waals surface area contributed by atoms with Crippen LogP contribution in [0.2, 0.25) is 10.0 Å². The summed E-state index contributed by atoms with van der Waals surface area (Å²) in [7, 11) is 0. The first-order valence-corrected chi connectivity index (χ1v) is 9.35. The van der Waals surface area contributed by atoms with Crippen molar-refractivity contribution in [3.05, 3.63) is 57.6 Å². The van der Waals surface area contributed by atoms with Crippen molar-refractivity contribution in [2.75, 3.05) is 4.90 Å². The Balaban J connectivity index is 1.93. The van der Waals surface area contributed by atoms with E-state index >= 15 is 0 Å². The topological polar surface area (TPSA) is 58.6 Å². The van der Waals surface area contributed by atoms with Crippen molar-refractivity contribution in [2.24, 2.45) is 0 Å². The Labute approximate surface area is 168 Å². The van der Waals surface area contributed by atoms with Crippen LogP contribution in [0.5, 0.6) is 5.75 Å². The van der Waals surface area contributed by atoms with E-state index in [1.807, 2.05) is 38.1 Å². The first-order chi connectivity index (χ1) is 12.8. The molecule has 0 aliphatic carbocycles. The van der Waals surface area contributed by atoms with Gasteiger partial charge in [-0.15, -0.1) is 0 Å². The van der Waals surface area contributed by atoms with E-state index in [4.69, 9.17) is 27.9 Å². The van der Waals surface area contributed by atoms with Gasteiger partial charge in [-0.1, -0.05) is 35.3 Å². The van der Waals surface area contributed by atoms with Gasteiger partial charge in [0.05, 0.1) is 23.4 Å². The molecule has 1 aliphatic heterocycles. The minimum atomic E-state index is -0.841. The van der Waals surface area contributed by atoms with Gasteiger partial charge in [-0.2, -0.15) is 0 Å². The summed E-state index contributed by atoms with van der Waals surface area (Å²) in [4.78, 5) is 26.1. The molecule has 5 nitrogen and oxygen atoms in total. The predicted molar refractivity (Wildman–Crippen MR) is 106 cm³/mol. The molecule has 1 unspecified atom stereocenters. The molecule has 1 aliphatic rings. The van der Waals surface area contributed by atoms with Gasteiger partial charge in [-0.25, -0.2) is 0 Å². The Morgan fingerprint density at radius 1 is 1.15 bits per heavy atom. The number of carbonyl (C=O) groups excluding carboxylic acids is 2. The van der Waals surface area contributed by atoms with Crippen LogP contribution >= 0.6 is 23.2 Å². The van der Waals surface area contributed by atoms with Gasteiger partial charge in [0, 0.05) is 17.5 Å². The lowest BCUT2D eigenvalue weighted by Crippen LogP contribution is -2.36. The van der Waals surface area contributed by atoms with Gasteiger partial charge in [0.25, 0.3) is 5.91 Å². The van der Waals surface area contributed by atoms with Crippen molar-refractivity contribution < 1.29 is 14.3 Å². The van der Waals surface area contributed by atoms with E-state index < -0.39 is 6.04 Å². The van der Waals surface area contributed by atoms with Gasteiger partial charge in [-0.05, 0) is 43.7 Å². The number of ether oxygens (including phenoxy) is 1. The van der Waals surface area contributed by atoms with Crippen molar-refractivity contribution in [3.8, 4) is 5.75 Å². The van der Waals surface area contributed by atoms with Crippen molar-refractivity contribution >= 4 is 40.7 Å². The molecule has 0 radical (unpaired) electrons. The van der Waals surface area contributed by atoms with Crippen molar-refractivity contribution in [1.82, 2.24) is 5.32 Å². The SMILES string of the molecule is CC(=O)NC1C(=O)N(Cc2ccc(OC(C)C)cc2)c2c(Cl)ccc(Cl)c21. The standard InChI is InChI=1S/C20H20Cl2N2O3/c1-11(2)27-14-6-4-13(5-7-14)10-24-19-16(22)9-8-15(21)17(19)18(20(24)26)23-12(3)25/h4-9,11,18H,10H2,1-3H3,(H,23,25). The highest BCUT2D eigenvalue weighted by atomic mass is 35.5. The second-order valence-corrected chi connectivity index (χ2v) is 7.47. The molecule has 7 heteroatoms. The third-order valence-corrected chi connectivity index (χ3v) is 4.80. The second-order valence-electron chi connectivity index (χ2n) is 6.66. The molecule has 3 rings (SSSR count). The highest BCUT2D eigenvalue weighted by Gasteiger charge is 2.41. The highest BCUT2D eigenvalue weighted by Crippen LogP contribution is 2.45. The molecule has 0 fully saturated rings. The number of carbonyl (C=O) groups is 2. The first-order valence-electron chi connectivity index (χ1n) is 8.60. The second kappa shape index (κ2) is 7.79. The summed E-state index contributed by atoms with van der Waals surface area (Å²) >= 11 is 12.7. The number of amides is 2. The number of hydrogen-bond acceptors (Lipinski definition) is 3. The van der Waals surface area contributed by atoms with Crippen LogP contribution in [0.3, 0.4) is 0 Å². The van der Waals surface area contributed by atoms with Gasteiger partial charge in [-0.3, -0.25) is 9.59 Å². The zero-order valence-corrected chi connectivity index (χ0v) is 16.8. The lowest BCUT2D eigenvalue weighted by atomic mass is 10.1. The number of anilines is 1. The monoisotopic (exact) mass is 406 g/mol. The van der Waals surface area contributed by atoms with Gasteiger partial charge in [0.2, 0.25) is 5.91 Å². The van der Waals surface area contributed by atoms with Crippen LogP contribution in [-0.4, -0.2) is 17.9 Å². The van der Waals surface area contributed by atoms with E-state index in [2.05, 4.69) is 5.32 Å². The molecule has 0 aromatic heterocycles. The maximum absolute atomic E-state index is 13.0. The average molecular weight is 407 g/mol. The fourth-order valence-electron chi connectivity index (χ4n) is 3.12. The summed E-state index contributed by atoms with van der Waals surface area (Å²) in [5.74, 6) is 0.184. The summed E-state index contributed by atoms with van der Waals surface area (Å²) in [5, 5.41) is 3.47. The third-order valence-electron chi connectivity index (χ3n) is 4.17. The third kappa shape index (κ3) is 4.04. The maximum Gasteiger partial charge on any atom is 0.254 e. The number of benzene rings is 2. The Kier molecular flexibility index (Phi) is 5.63. The zero-order chi connectivity index (χ0) is 19.7. The van der Waals surface area contributed by atoms with Gasteiger partial charge >= 0.3 is 0 Å². The number of nitrogens with zero attached hydrogens (tertiary/aromatic N) is 1.